The van der Waals surface area contributed by atoms with E-state index in [0.717, 1.165) is 29.1 Å². The highest BCUT2D eigenvalue weighted by Gasteiger charge is 2.16. The van der Waals surface area contributed by atoms with Crippen LogP contribution >= 0.6 is 0 Å². The number of aryl methyl sites for hydroxylation is 1. The molecule has 0 aliphatic rings. The van der Waals surface area contributed by atoms with Gasteiger partial charge in [-0.15, -0.1) is 10.2 Å². The zero-order valence-electron chi connectivity index (χ0n) is 13.4. The Bertz CT molecular complexity index is 990. The van der Waals surface area contributed by atoms with E-state index in [0.29, 0.717) is 11.5 Å². The topological polar surface area (TPSA) is 85.2 Å². The number of benzene rings is 1. The van der Waals surface area contributed by atoms with E-state index in [1.165, 1.54) is 12.1 Å². The molecule has 0 atom stereocenters. The lowest BCUT2D eigenvalue weighted by Crippen LogP contribution is -1.97. The third-order valence-electron chi connectivity index (χ3n) is 3.90. The van der Waals surface area contributed by atoms with Gasteiger partial charge in [0, 0.05) is 23.9 Å². The van der Waals surface area contributed by atoms with Crippen LogP contribution in [0, 0.1) is 5.82 Å². The zero-order valence-corrected chi connectivity index (χ0v) is 13.4. The van der Waals surface area contributed by atoms with E-state index in [1.54, 1.807) is 24.7 Å². The van der Waals surface area contributed by atoms with E-state index in [1.807, 2.05) is 23.6 Å². The first kappa shape index (κ1) is 15.1. The Morgan fingerprint density at radius 1 is 1.08 bits per heavy atom. The Kier molecular flexibility index (Phi) is 3.77. The number of tetrazole rings is 1. The Morgan fingerprint density at radius 2 is 1.92 bits per heavy atom. The first-order valence-electron chi connectivity index (χ1n) is 7.77. The maximum Gasteiger partial charge on any atom is 0.204 e. The summed E-state index contributed by atoms with van der Waals surface area (Å²) in [6.07, 6.45) is 3.44. The summed E-state index contributed by atoms with van der Waals surface area (Å²) in [5.74, 6) is 0.215. The minimum Gasteiger partial charge on any atom is -0.330 e. The van der Waals surface area contributed by atoms with E-state index in [4.69, 9.17) is 0 Å². The summed E-state index contributed by atoms with van der Waals surface area (Å²) < 4.78 is 15.3. The first-order valence-corrected chi connectivity index (χ1v) is 7.77. The standard InChI is InChI=1S/C17H14FN7/c1-2-25-10-20-15(16(25)11-3-5-13(18)6-4-11)14-9-12(7-8-19-14)17-21-23-24-22-17/h3-10H,2H2,1H3,(H,21,22,23,24). The van der Waals surface area contributed by atoms with E-state index < -0.39 is 0 Å². The second-order valence-corrected chi connectivity index (χ2v) is 5.40. The monoisotopic (exact) mass is 335 g/mol. The molecule has 8 heteroatoms. The second-order valence-electron chi connectivity index (χ2n) is 5.40. The van der Waals surface area contributed by atoms with Gasteiger partial charge in [0.05, 0.1) is 17.7 Å². The van der Waals surface area contributed by atoms with Crippen molar-refractivity contribution >= 4 is 0 Å². The number of nitrogens with one attached hydrogen (secondary N) is 1. The minimum absolute atomic E-state index is 0.273. The molecule has 3 heterocycles. The second kappa shape index (κ2) is 6.23. The summed E-state index contributed by atoms with van der Waals surface area (Å²) in [6.45, 7) is 2.77. The minimum atomic E-state index is -0.273. The van der Waals surface area contributed by atoms with Crippen molar-refractivity contribution in [3.8, 4) is 34.0 Å². The molecule has 1 aromatic carbocycles. The largest absolute Gasteiger partial charge is 0.330 e. The van der Waals surface area contributed by atoms with Crippen LogP contribution in [-0.4, -0.2) is 35.2 Å². The van der Waals surface area contributed by atoms with Crippen molar-refractivity contribution < 1.29 is 4.39 Å². The number of rotatable bonds is 4. The molecule has 25 heavy (non-hydrogen) atoms. The van der Waals surface area contributed by atoms with E-state index in [-0.39, 0.29) is 5.82 Å². The molecular formula is C17H14FN7. The van der Waals surface area contributed by atoms with Gasteiger partial charge in [-0.1, -0.05) is 0 Å². The number of imidazole rings is 1. The summed E-state index contributed by atoms with van der Waals surface area (Å²) in [6, 6.07) is 10.0. The molecule has 4 rings (SSSR count). The number of nitrogens with zero attached hydrogens (tertiary/aromatic N) is 6. The highest BCUT2D eigenvalue weighted by molar-refractivity contribution is 5.78. The molecule has 0 saturated heterocycles. The maximum absolute atomic E-state index is 13.3. The summed E-state index contributed by atoms with van der Waals surface area (Å²) in [4.78, 5) is 8.96. The van der Waals surface area contributed by atoms with E-state index >= 15 is 0 Å². The third kappa shape index (κ3) is 2.78. The van der Waals surface area contributed by atoms with E-state index in [9.17, 15) is 4.39 Å². The van der Waals surface area contributed by atoms with Crippen molar-refractivity contribution in [1.29, 1.82) is 0 Å². The summed E-state index contributed by atoms with van der Waals surface area (Å²) >= 11 is 0. The first-order chi connectivity index (χ1) is 12.3. The van der Waals surface area contributed by atoms with Gasteiger partial charge in [-0.3, -0.25) is 4.98 Å². The van der Waals surface area contributed by atoms with Crippen LogP contribution in [0.1, 0.15) is 6.92 Å². The molecule has 0 aliphatic carbocycles. The van der Waals surface area contributed by atoms with Crippen LogP contribution in [0.3, 0.4) is 0 Å². The van der Waals surface area contributed by atoms with Gasteiger partial charge in [0.15, 0.2) is 0 Å². The molecule has 7 nitrogen and oxygen atoms in total. The fourth-order valence-electron chi connectivity index (χ4n) is 2.70. The number of H-pyrrole nitrogens is 1. The molecule has 0 fully saturated rings. The molecule has 124 valence electrons. The SMILES string of the molecule is CCn1cnc(-c2cc(-c3nn[nH]n3)ccn2)c1-c1ccc(F)cc1. The van der Waals surface area contributed by atoms with Crippen molar-refractivity contribution in [3.05, 3.63) is 54.7 Å². The van der Waals surface area contributed by atoms with Crippen LogP contribution in [-0.2, 0) is 6.54 Å². The van der Waals surface area contributed by atoms with Crippen LogP contribution in [0.15, 0.2) is 48.9 Å². The normalized spacial score (nSPS) is 11.0. The molecule has 0 aliphatic heterocycles. The highest BCUT2D eigenvalue weighted by atomic mass is 19.1. The van der Waals surface area contributed by atoms with Gasteiger partial charge in [0.1, 0.15) is 11.5 Å². The third-order valence-corrected chi connectivity index (χ3v) is 3.90. The quantitative estimate of drug-likeness (QED) is 0.620. The molecule has 1 N–H and O–H groups in total. The van der Waals surface area contributed by atoms with Crippen LogP contribution in [0.5, 0.6) is 0 Å². The summed E-state index contributed by atoms with van der Waals surface area (Å²) in [5.41, 5.74) is 3.96. The van der Waals surface area contributed by atoms with Crippen molar-refractivity contribution in [2.75, 3.05) is 0 Å². The van der Waals surface area contributed by atoms with Gasteiger partial charge in [-0.05, 0) is 48.5 Å². The smallest absolute Gasteiger partial charge is 0.204 e. The van der Waals surface area contributed by atoms with Crippen molar-refractivity contribution in [2.24, 2.45) is 0 Å². The fraction of sp³-hybridized carbons (Fsp3) is 0.118. The molecule has 0 radical (unpaired) electrons. The lowest BCUT2D eigenvalue weighted by atomic mass is 10.1. The zero-order chi connectivity index (χ0) is 17.2. The number of pyridine rings is 1. The van der Waals surface area contributed by atoms with Gasteiger partial charge in [-0.2, -0.15) is 5.21 Å². The fourth-order valence-corrected chi connectivity index (χ4v) is 2.70. The predicted octanol–water partition coefficient (Wildman–Crippen LogP) is 2.95. The molecule has 0 bridgehead atoms. The molecule has 0 spiro atoms. The average molecular weight is 335 g/mol. The van der Waals surface area contributed by atoms with Crippen LogP contribution in [0.25, 0.3) is 34.0 Å². The Balaban J connectivity index is 1.85. The lowest BCUT2D eigenvalue weighted by molar-refractivity contribution is 0.628. The average Bonchev–Trinajstić information content (AvgIpc) is 3.32. The molecule has 0 amide bonds. The van der Waals surface area contributed by atoms with Gasteiger partial charge in [0.25, 0.3) is 0 Å². The number of hydrogen-bond acceptors (Lipinski definition) is 5. The van der Waals surface area contributed by atoms with Crippen molar-refractivity contribution in [2.45, 2.75) is 13.5 Å². The highest BCUT2D eigenvalue weighted by Crippen LogP contribution is 2.31. The molecule has 0 unspecified atom stereocenters. The molecule has 0 saturated carbocycles. The van der Waals surface area contributed by atoms with Gasteiger partial charge < -0.3 is 4.57 Å². The van der Waals surface area contributed by atoms with Gasteiger partial charge in [-0.25, -0.2) is 9.37 Å². The summed E-state index contributed by atoms with van der Waals surface area (Å²) in [5, 5.41) is 14.0. The Hall–Kier alpha value is -3.42. The number of hydrogen-bond donors (Lipinski definition) is 1. The molecule has 3 aromatic heterocycles. The van der Waals surface area contributed by atoms with Crippen LogP contribution in [0.2, 0.25) is 0 Å². The summed E-state index contributed by atoms with van der Waals surface area (Å²) in [7, 11) is 0. The van der Waals surface area contributed by atoms with Gasteiger partial charge in [0.2, 0.25) is 5.82 Å². The maximum atomic E-state index is 13.3. The molecular weight excluding hydrogens is 321 g/mol. The predicted molar refractivity (Wildman–Crippen MR) is 89.7 cm³/mol. The number of halogens is 1. The van der Waals surface area contributed by atoms with Gasteiger partial charge >= 0.3 is 0 Å². The van der Waals surface area contributed by atoms with E-state index in [2.05, 4.69) is 30.6 Å². The Labute approximate surface area is 142 Å². The molecule has 4 aromatic rings. The van der Waals surface area contributed by atoms with Crippen LogP contribution in [0.4, 0.5) is 4.39 Å². The number of aromatic nitrogens is 7. The van der Waals surface area contributed by atoms with Crippen molar-refractivity contribution in [1.82, 2.24) is 35.2 Å². The van der Waals surface area contributed by atoms with Crippen molar-refractivity contribution in [3.63, 3.8) is 0 Å². The number of aromatic amines is 1. The lowest BCUT2D eigenvalue weighted by Gasteiger charge is -2.09. The van der Waals surface area contributed by atoms with Crippen LogP contribution < -0.4 is 0 Å². The Morgan fingerprint density at radius 3 is 2.64 bits per heavy atom.